The maximum absolute atomic E-state index is 12.0. The van der Waals surface area contributed by atoms with Gasteiger partial charge in [0.15, 0.2) is 0 Å². The molecule has 0 saturated carbocycles. The molecule has 2 saturated heterocycles. The molecule has 1 amide bonds. The van der Waals surface area contributed by atoms with E-state index < -0.39 is 6.10 Å². The fourth-order valence-corrected chi connectivity index (χ4v) is 2.76. The van der Waals surface area contributed by atoms with E-state index in [1.165, 1.54) is 25.7 Å². The molecule has 2 atom stereocenters. The summed E-state index contributed by atoms with van der Waals surface area (Å²) < 4.78 is 0. The number of carbonyl (C=O) groups is 1. The molecular weight excluding hydrogens is 301 g/mol. The zero-order valence-electron chi connectivity index (χ0n) is 11.8. The van der Waals surface area contributed by atoms with Crippen molar-refractivity contribution >= 4 is 30.7 Å². The molecule has 0 bridgehead atoms. The number of β-amino-alcohol motifs (C(OH)–C–C–N with tert-alkyl or cyclic N) is 1. The lowest BCUT2D eigenvalue weighted by molar-refractivity contribution is -0.124. The lowest BCUT2D eigenvalue weighted by Crippen LogP contribution is -2.54. The van der Waals surface area contributed by atoms with E-state index in [9.17, 15) is 9.90 Å². The Hall–Kier alpha value is -0.0700. The summed E-state index contributed by atoms with van der Waals surface area (Å²) in [6.45, 7) is 3.99. The zero-order chi connectivity index (χ0) is 12.8. The van der Waals surface area contributed by atoms with Crippen LogP contribution >= 0.6 is 24.8 Å². The third-order valence-corrected chi connectivity index (χ3v) is 3.86. The molecule has 120 valence electrons. The van der Waals surface area contributed by atoms with Gasteiger partial charge in [-0.2, -0.15) is 0 Å². The predicted molar refractivity (Wildman–Crippen MR) is 84.8 cm³/mol. The highest BCUT2D eigenvalue weighted by atomic mass is 35.5. The molecule has 0 radical (unpaired) electrons. The summed E-state index contributed by atoms with van der Waals surface area (Å²) in [6.07, 6.45) is 5.32. The molecule has 0 aromatic carbocycles. The van der Waals surface area contributed by atoms with Gasteiger partial charge in [-0.25, -0.2) is 0 Å². The van der Waals surface area contributed by atoms with Gasteiger partial charge >= 0.3 is 0 Å². The van der Waals surface area contributed by atoms with Crippen LogP contribution in [0.2, 0.25) is 0 Å². The lowest BCUT2D eigenvalue weighted by atomic mass is 10.0. The second-order valence-corrected chi connectivity index (χ2v) is 5.42. The van der Waals surface area contributed by atoms with E-state index in [2.05, 4.69) is 15.5 Å². The van der Waals surface area contributed by atoms with Crippen molar-refractivity contribution in [1.29, 1.82) is 0 Å². The van der Waals surface area contributed by atoms with Crippen molar-refractivity contribution in [2.75, 3.05) is 32.7 Å². The first-order valence-electron chi connectivity index (χ1n) is 7.16. The highest BCUT2D eigenvalue weighted by Gasteiger charge is 2.24. The summed E-state index contributed by atoms with van der Waals surface area (Å²) in [5.74, 6) is 0.0582. The number of aliphatic hydroxyl groups is 1. The minimum absolute atomic E-state index is 0. The molecule has 7 heteroatoms. The average molecular weight is 328 g/mol. The van der Waals surface area contributed by atoms with Gasteiger partial charge in [-0.1, -0.05) is 12.8 Å². The third kappa shape index (κ3) is 6.59. The van der Waals surface area contributed by atoms with Gasteiger partial charge < -0.3 is 15.7 Å². The number of nitrogens with zero attached hydrogens (tertiary/aromatic N) is 1. The van der Waals surface area contributed by atoms with Crippen molar-refractivity contribution in [2.45, 2.75) is 44.2 Å². The first-order valence-corrected chi connectivity index (χ1v) is 7.16. The highest BCUT2D eigenvalue weighted by Crippen LogP contribution is 2.09. The van der Waals surface area contributed by atoms with Gasteiger partial charge in [0.25, 0.3) is 0 Å². The number of piperidine rings is 1. The smallest absolute Gasteiger partial charge is 0.234 e. The van der Waals surface area contributed by atoms with Gasteiger partial charge in [-0.15, -0.1) is 24.8 Å². The van der Waals surface area contributed by atoms with Crippen LogP contribution in [-0.4, -0.2) is 60.8 Å². The van der Waals surface area contributed by atoms with Crippen molar-refractivity contribution in [3.05, 3.63) is 0 Å². The zero-order valence-corrected chi connectivity index (χ0v) is 13.5. The molecular formula is C13H27Cl2N3O2. The molecule has 5 nitrogen and oxygen atoms in total. The number of halogens is 2. The Balaban J connectivity index is 0.00000180. The number of amides is 1. The number of aliphatic hydroxyl groups excluding tert-OH is 1. The summed E-state index contributed by atoms with van der Waals surface area (Å²) in [6, 6.07) is -0.0780. The van der Waals surface area contributed by atoms with Crippen LogP contribution in [0.3, 0.4) is 0 Å². The fraction of sp³-hybridized carbons (Fsp3) is 0.923. The average Bonchev–Trinajstić information content (AvgIpc) is 2.61. The van der Waals surface area contributed by atoms with Gasteiger partial charge in [-0.05, 0) is 38.9 Å². The summed E-state index contributed by atoms with van der Waals surface area (Å²) in [5, 5.41) is 15.9. The highest BCUT2D eigenvalue weighted by molar-refractivity contribution is 5.85. The number of carbonyl (C=O) groups excluding carboxylic acids is 1. The Morgan fingerprint density at radius 1 is 1.20 bits per heavy atom. The number of rotatable bonds is 3. The van der Waals surface area contributed by atoms with Gasteiger partial charge in [-0.3, -0.25) is 9.69 Å². The number of likely N-dealkylation sites (tertiary alicyclic amines) is 1. The molecule has 2 rings (SSSR count). The van der Waals surface area contributed by atoms with E-state index in [1.807, 2.05) is 0 Å². The topological polar surface area (TPSA) is 64.6 Å². The normalized spacial score (nSPS) is 27.6. The SMILES string of the molecule is Cl.Cl.O=C(CN1CCCCCC1)N[C@@H]1CCNC[C@H]1O. The standard InChI is InChI=1S/C13H25N3O2.2ClH/c17-12-9-14-6-5-11(12)15-13(18)10-16-7-3-1-2-4-8-16;;/h11-12,14,17H,1-10H2,(H,15,18);2*1H/t11-,12-;;/m1../s1. The van der Waals surface area contributed by atoms with Crippen LogP contribution in [0.1, 0.15) is 32.1 Å². The fourth-order valence-electron chi connectivity index (χ4n) is 2.76. The lowest BCUT2D eigenvalue weighted by Gasteiger charge is -2.30. The predicted octanol–water partition coefficient (Wildman–Crippen LogP) is 0.545. The second kappa shape index (κ2) is 10.6. The maximum Gasteiger partial charge on any atom is 0.234 e. The van der Waals surface area contributed by atoms with Gasteiger partial charge in [0.1, 0.15) is 0 Å². The minimum Gasteiger partial charge on any atom is -0.390 e. The summed E-state index contributed by atoms with van der Waals surface area (Å²) >= 11 is 0. The van der Waals surface area contributed by atoms with Crippen LogP contribution in [0.4, 0.5) is 0 Å². The first kappa shape index (κ1) is 19.9. The van der Waals surface area contributed by atoms with Gasteiger partial charge in [0.05, 0.1) is 18.7 Å². The Morgan fingerprint density at radius 2 is 1.85 bits per heavy atom. The molecule has 2 fully saturated rings. The Bertz CT molecular complexity index is 274. The van der Waals surface area contributed by atoms with E-state index in [1.54, 1.807) is 0 Å². The molecule has 2 aliphatic heterocycles. The Morgan fingerprint density at radius 3 is 2.45 bits per heavy atom. The van der Waals surface area contributed by atoms with E-state index >= 15 is 0 Å². The van der Waals surface area contributed by atoms with Crippen LogP contribution in [0, 0.1) is 0 Å². The summed E-state index contributed by atoms with van der Waals surface area (Å²) in [5.41, 5.74) is 0. The van der Waals surface area contributed by atoms with Crippen molar-refractivity contribution in [2.24, 2.45) is 0 Å². The molecule has 2 aliphatic rings. The minimum atomic E-state index is -0.452. The van der Waals surface area contributed by atoms with Crippen molar-refractivity contribution in [1.82, 2.24) is 15.5 Å². The van der Waals surface area contributed by atoms with Gasteiger partial charge in [0.2, 0.25) is 5.91 Å². The quantitative estimate of drug-likeness (QED) is 0.708. The number of hydrogen-bond donors (Lipinski definition) is 3. The summed E-state index contributed by atoms with van der Waals surface area (Å²) in [4.78, 5) is 14.2. The van der Waals surface area contributed by atoms with Crippen LogP contribution < -0.4 is 10.6 Å². The van der Waals surface area contributed by atoms with Crippen molar-refractivity contribution in [3.8, 4) is 0 Å². The molecule has 0 unspecified atom stereocenters. The molecule has 20 heavy (non-hydrogen) atoms. The van der Waals surface area contributed by atoms with E-state index in [4.69, 9.17) is 0 Å². The largest absolute Gasteiger partial charge is 0.390 e. The Kier molecular flexibility index (Phi) is 10.6. The van der Waals surface area contributed by atoms with Crippen LogP contribution in [0.15, 0.2) is 0 Å². The maximum atomic E-state index is 12.0. The van der Waals surface area contributed by atoms with E-state index in [0.717, 1.165) is 26.1 Å². The first-order chi connectivity index (χ1) is 8.75. The van der Waals surface area contributed by atoms with Crippen LogP contribution in [0.5, 0.6) is 0 Å². The van der Waals surface area contributed by atoms with Crippen molar-refractivity contribution < 1.29 is 9.90 Å². The molecule has 3 N–H and O–H groups in total. The molecule has 0 aliphatic carbocycles. The number of nitrogens with one attached hydrogen (secondary N) is 2. The second-order valence-electron chi connectivity index (χ2n) is 5.42. The summed E-state index contributed by atoms with van der Waals surface area (Å²) in [7, 11) is 0. The van der Waals surface area contributed by atoms with Crippen LogP contribution in [-0.2, 0) is 4.79 Å². The molecule has 0 aromatic heterocycles. The monoisotopic (exact) mass is 327 g/mol. The molecule has 0 spiro atoms. The van der Waals surface area contributed by atoms with Crippen LogP contribution in [0.25, 0.3) is 0 Å². The number of hydrogen-bond acceptors (Lipinski definition) is 4. The third-order valence-electron chi connectivity index (χ3n) is 3.86. The van der Waals surface area contributed by atoms with Gasteiger partial charge in [0, 0.05) is 6.54 Å². The molecule has 2 heterocycles. The van der Waals surface area contributed by atoms with E-state index in [-0.39, 0.29) is 36.8 Å². The Labute approximate surface area is 133 Å². The van der Waals surface area contributed by atoms with E-state index in [0.29, 0.717) is 13.1 Å². The van der Waals surface area contributed by atoms with Crippen molar-refractivity contribution in [3.63, 3.8) is 0 Å². The molecule has 0 aromatic rings.